The van der Waals surface area contributed by atoms with Gasteiger partial charge in [0.25, 0.3) is 0 Å². The van der Waals surface area contributed by atoms with Crippen LogP contribution in [0.25, 0.3) is 0 Å². The highest BCUT2D eigenvalue weighted by atomic mass is 15.1. The van der Waals surface area contributed by atoms with Crippen molar-refractivity contribution >= 4 is 0 Å². The van der Waals surface area contributed by atoms with Crippen molar-refractivity contribution in [3.63, 3.8) is 0 Å². The van der Waals surface area contributed by atoms with Gasteiger partial charge in [0.2, 0.25) is 0 Å². The molecule has 10 heavy (non-hydrogen) atoms. The Morgan fingerprint density at radius 1 is 1.40 bits per heavy atom. The fourth-order valence-electron chi connectivity index (χ4n) is 0.576. The average molecular weight is 138 g/mol. The number of rotatable bonds is 0. The minimum absolute atomic E-state index is 0.118. The summed E-state index contributed by atoms with van der Waals surface area (Å²) in [5, 5.41) is 7.11. The fourth-order valence-corrected chi connectivity index (χ4v) is 0.576. The molecule has 0 N–H and O–H groups in total. The predicted octanol–water partition coefficient (Wildman–Crippen LogP) is 1.17. The van der Waals surface area contributed by atoms with E-state index < -0.39 is 0 Å². The lowest BCUT2D eigenvalue weighted by Crippen LogP contribution is -2.13. The summed E-state index contributed by atoms with van der Waals surface area (Å²) in [6, 6.07) is 0. The van der Waals surface area contributed by atoms with Crippen molar-refractivity contribution in [2.45, 2.75) is 26.2 Å². The summed E-state index contributed by atoms with van der Waals surface area (Å²) < 4.78 is 7.39. The number of aromatic nitrogens is 3. The second-order valence-corrected chi connectivity index (χ2v) is 3.17. The minimum Gasteiger partial charge on any atom is -0.237 e. The van der Waals surface area contributed by atoms with Crippen LogP contribution in [0.1, 0.15) is 27.8 Å². The molecule has 54 valence electrons. The molecule has 0 aliphatic rings. The summed E-state index contributed by atoms with van der Waals surface area (Å²) >= 11 is 0. The van der Waals surface area contributed by atoms with Crippen LogP contribution >= 0.6 is 0 Å². The summed E-state index contributed by atoms with van der Waals surface area (Å²) in [6.45, 7) is 5.99. The molecule has 0 radical (unpaired) electrons. The van der Waals surface area contributed by atoms with Gasteiger partial charge >= 0.3 is 0 Å². The van der Waals surface area contributed by atoms with E-state index in [9.17, 15) is 0 Å². The first-order chi connectivity index (χ1) is 5.02. The zero-order valence-corrected chi connectivity index (χ0v) is 6.42. The third-order valence-corrected chi connectivity index (χ3v) is 1.16. The number of nitrogens with zero attached hydrogens (tertiary/aromatic N) is 3. The SMILES string of the molecule is [2H]c1nncnc1C(C)(C)C. The standard InChI is InChI=1S/C7H11N3/c1-7(2,3)6-4-9-10-5-8-6/h4-5H,1-3H3/i4D. The lowest BCUT2D eigenvalue weighted by Gasteiger charge is -2.15. The fraction of sp³-hybridized carbons (Fsp3) is 0.571. The zero-order valence-electron chi connectivity index (χ0n) is 7.42. The van der Waals surface area contributed by atoms with Crippen molar-refractivity contribution in [3.8, 4) is 0 Å². The summed E-state index contributed by atoms with van der Waals surface area (Å²) in [4.78, 5) is 3.99. The van der Waals surface area contributed by atoms with Crippen LogP contribution < -0.4 is 0 Å². The lowest BCUT2D eigenvalue weighted by molar-refractivity contribution is 0.560. The maximum absolute atomic E-state index is 7.39. The highest BCUT2D eigenvalue weighted by Crippen LogP contribution is 2.17. The van der Waals surface area contributed by atoms with Crippen molar-refractivity contribution in [2.75, 3.05) is 0 Å². The summed E-state index contributed by atoms with van der Waals surface area (Å²) in [6.07, 6.45) is 1.54. The van der Waals surface area contributed by atoms with E-state index in [1.807, 2.05) is 20.8 Å². The largest absolute Gasteiger partial charge is 0.237 e. The summed E-state index contributed by atoms with van der Waals surface area (Å²) in [5.74, 6) is 0. The maximum Gasteiger partial charge on any atom is 0.138 e. The normalized spacial score (nSPS) is 12.9. The van der Waals surface area contributed by atoms with E-state index in [-0.39, 0.29) is 11.6 Å². The molecule has 1 aromatic heterocycles. The number of hydrogen-bond donors (Lipinski definition) is 0. The van der Waals surface area contributed by atoms with Crippen molar-refractivity contribution < 1.29 is 1.37 Å². The van der Waals surface area contributed by atoms with Gasteiger partial charge in [0, 0.05) is 5.41 Å². The zero-order chi connectivity index (χ0) is 8.48. The lowest BCUT2D eigenvalue weighted by atomic mass is 9.93. The number of hydrogen-bond acceptors (Lipinski definition) is 3. The first-order valence-electron chi connectivity index (χ1n) is 3.66. The topological polar surface area (TPSA) is 38.7 Å². The Balaban J connectivity index is 3.14. The van der Waals surface area contributed by atoms with E-state index in [4.69, 9.17) is 1.37 Å². The quantitative estimate of drug-likeness (QED) is 0.540. The molecule has 0 spiro atoms. The Morgan fingerprint density at radius 3 is 2.50 bits per heavy atom. The van der Waals surface area contributed by atoms with Gasteiger partial charge in [-0.05, 0) is 0 Å². The molecule has 1 heterocycles. The van der Waals surface area contributed by atoms with Gasteiger partial charge in [0.05, 0.1) is 13.2 Å². The van der Waals surface area contributed by atoms with Crippen molar-refractivity contribution in [3.05, 3.63) is 18.2 Å². The monoisotopic (exact) mass is 138 g/mol. The minimum atomic E-state index is -0.118. The van der Waals surface area contributed by atoms with Gasteiger partial charge in [0.15, 0.2) is 0 Å². The van der Waals surface area contributed by atoms with Crippen LogP contribution in [0.15, 0.2) is 12.5 Å². The molecule has 1 aromatic rings. The third-order valence-electron chi connectivity index (χ3n) is 1.16. The Bertz CT molecular complexity index is 254. The smallest absolute Gasteiger partial charge is 0.138 e. The Labute approximate surface area is 61.9 Å². The second-order valence-electron chi connectivity index (χ2n) is 3.17. The first-order valence-corrected chi connectivity index (χ1v) is 3.16. The molecule has 0 fully saturated rings. The molecule has 0 bridgehead atoms. The van der Waals surface area contributed by atoms with Gasteiger partial charge in [-0.2, -0.15) is 5.10 Å². The predicted molar refractivity (Wildman–Crippen MR) is 38.5 cm³/mol. The molecule has 0 aromatic carbocycles. The van der Waals surface area contributed by atoms with Gasteiger partial charge in [-0.15, -0.1) is 5.10 Å². The van der Waals surface area contributed by atoms with E-state index in [0.717, 1.165) is 0 Å². The molecule has 0 unspecified atom stereocenters. The van der Waals surface area contributed by atoms with Crippen LogP contribution in [0.4, 0.5) is 0 Å². The molecule has 0 aliphatic heterocycles. The van der Waals surface area contributed by atoms with Crippen LogP contribution in [0.3, 0.4) is 0 Å². The molecular formula is C7H11N3. The first kappa shape index (κ1) is 5.77. The molecule has 0 atom stereocenters. The van der Waals surface area contributed by atoms with Gasteiger partial charge in [0.1, 0.15) is 6.33 Å². The van der Waals surface area contributed by atoms with Crippen LogP contribution in [-0.2, 0) is 5.41 Å². The van der Waals surface area contributed by atoms with Crippen LogP contribution in [-0.4, -0.2) is 15.2 Å². The Morgan fingerprint density at radius 2 is 2.10 bits per heavy atom. The summed E-state index contributed by atoms with van der Waals surface area (Å²) in [5.41, 5.74) is 0.569. The molecule has 3 heteroatoms. The van der Waals surface area contributed by atoms with E-state index in [2.05, 4.69) is 15.2 Å². The van der Waals surface area contributed by atoms with Crippen LogP contribution in [0, 0.1) is 0 Å². The molecule has 3 nitrogen and oxygen atoms in total. The second kappa shape index (κ2) is 2.33. The molecule has 0 saturated carbocycles. The highest BCUT2D eigenvalue weighted by molar-refractivity contribution is 5.05. The van der Waals surface area contributed by atoms with Gasteiger partial charge in [-0.3, -0.25) is 0 Å². The molecular weight excluding hydrogens is 126 g/mol. The molecule has 0 saturated heterocycles. The molecule has 0 amide bonds. The van der Waals surface area contributed by atoms with Gasteiger partial charge in [-0.1, -0.05) is 20.8 Å². The van der Waals surface area contributed by atoms with E-state index in [0.29, 0.717) is 5.69 Å². The van der Waals surface area contributed by atoms with Crippen molar-refractivity contribution in [1.29, 1.82) is 0 Å². The maximum atomic E-state index is 7.39. The van der Waals surface area contributed by atoms with Crippen molar-refractivity contribution in [1.82, 2.24) is 15.2 Å². The van der Waals surface area contributed by atoms with Crippen LogP contribution in [0.5, 0.6) is 0 Å². The Hall–Kier alpha value is -0.990. The van der Waals surface area contributed by atoms with E-state index in [1.54, 1.807) is 0 Å². The van der Waals surface area contributed by atoms with E-state index in [1.165, 1.54) is 6.33 Å². The third kappa shape index (κ3) is 1.50. The van der Waals surface area contributed by atoms with E-state index >= 15 is 0 Å². The van der Waals surface area contributed by atoms with Gasteiger partial charge < -0.3 is 0 Å². The van der Waals surface area contributed by atoms with Crippen LogP contribution in [0.2, 0.25) is 0 Å². The Kier molecular flexibility index (Phi) is 1.34. The molecule has 0 aliphatic carbocycles. The average Bonchev–Trinajstić information content (AvgIpc) is 1.86. The molecule has 1 rings (SSSR count). The summed E-state index contributed by atoms with van der Waals surface area (Å²) in [7, 11) is 0. The van der Waals surface area contributed by atoms with Gasteiger partial charge in [-0.25, -0.2) is 4.98 Å². The highest BCUT2D eigenvalue weighted by Gasteiger charge is 2.14. The van der Waals surface area contributed by atoms with Crippen molar-refractivity contribution in [2.24, 2.45) is 0 Å².